The first-order chi connectivity index (χ1) is 10.3. The molecular weight excluding hydrogens is 278 g/mol. The third kappa shape index (κ3) is 3.81. The first-order valence-electron chi connectivity index (χ1n) is 8.77. The molecule has 0 radical (unpaired) electrons. The van der Waals surface area contributed by atoms with Gasteiger partial charge in [-0.1, -0.05) is 49.9 Å². The Labute approximate surface area is 134 Å². The van der Waals surface area contributed by atoms with Gasteiger partial charge in [0.25, 0.3) is 0 Å². The molecule has 1 N–H and O–H groups in total. The lowest BCUT2D eigenvalue weighted by atomic mass is 9.74. The molecular formula is C19H28ClN. The van der Waals surface area contributed by atoms with Crippen LogP contribution >= 0.6 is 11.6 Å². The van der Waals surface area contributed by atoms with E-state index >= 15 is 0 Å². The topological polar surface area (TPSA) is 12.0 Å². The molecule has 1 unspecified atom stereocenters. The van der Waals surface area contributed by atoms with Crippen molar-refractivity contribution >= 4 is 11.6 Å². The zero-order valence-electron chi connectivity index (χ0n) is 13.2. The lowest BCUT2D eigenvalue weighted by molar-refractivity contribution is 0.197. The van der Waals surface area contributed by atoms with Crippen LogP contribution in [0.15, 0.2) is 24.3 Å². The van der Waals surface area contributed by atoms with Gasteiger partial charge in [0.05, 0.1) is 0 Å². The van der Waals surface area contributed by atoms with E-state index in [0.29, 0.717) is 5.92 Å². The van der Waals surface area contributed by atoms with E-state index in [1.54, 1.807) is 0 Å². The van der Waals surface area contributed by atoms with Gasteiger partial charge in [-0.3, -0.25) is 0 Å². The second kappa shape index (κ2) is 7.15. The van der Waals surface area contributed by atoms with Crippen molar-refractivity contribution in [1.82, 2.24) is 5.32 Å². The van der Waals surface area contributed by atoms with Crippen LogP contribution in [0, 0.1) is 5.92 Å². The molecule has 0 bridgehead atoms. The van der Waals surface area contributed by atoms with Crippen molar-refractivity contribution in [3.05, 3.63) is 34.9 Å². The molecule has 2 aliphatic rings. The minimum Gasteiger partial charge on any atom is -0.311 e. The maximum atomic E-state index is 6.10. The summed E-state index contributed by atoms with van der Waals surface area (Å²) in [6.07, 6.45) is 11.1. The van der Waals surface area contributed by atoms with E-state index in [9.17, 15) is 0 Å². The van der Waals surface area contributed by atoms with Crippen LogP contribution in [-0.4, -0.2) is 12.1 Å². The summed E-state index contributed by atoms with van der Waals surface area (Å²) in [6, 6.07) is 9.88. The molecule has 1 aromatic rings. The van der Waals surface area contributed by atoms with Crippen molar-refractivity contribution in [1.29, 1.82) is 0 Å². The molecule has 2 saturated carbocycles. The Hall–Kier alpha value is -0.530. The fraction of sp³-hybridized carbons (Fsp3) is 0.684. The standard InChI is InChI=1S/C19H28ClN/c1-2-19(14-7-4-3-5-8-14)21-18-12-16(13-18)15-9-6-10-17(20)11-15/h6,9-11,14,16,18-19,21H,2-5,7-8,12-13H2,1H3. The van der Waals surface area contributed by atoms with Crippen molar-refractivity contribution in [2.45, 2.75) is 76.3 Å². The van der Waals surface area contributed by atoms with Gasteiger partial charge in [-0.15, -0.1) is 0 Å². The average Bonchev–Trinajstić information content (AvgIpc) is 2.47. The van der Waals surface area contributed by atoms with Crippen molar-refractivity contribution in [3.63, 3.8) is 0 Å². The Kier molecular flexibility index (Phi) is 5.24. The van der Waals surface area contributed by atoms with Crippen LogP contribution in [0.4, 0.5) is 0 Å². The van der Waals surface area contributed by atoms with Gasteiger partial charge in [-0.05, 0) is 61.6 Å². The highest BCUT2D eigenvalue weighted by atomic mass is 35.5. The maximum absolute atomic E-state index is 6.10. The molecule has 1 atom stereocenters. The summed E-state index contributed by atoms with van der Waals surface area (Å²) in [5.74, 6) is 1.64. The molecule has 21 heavy (non-hydrogen) atoms. The summed E-state index contributed by atoms with van der Waals surface area (Å²) in [5.41, 5.74) is 1.42. The Morgan fingerprint density at radius 3 is 2.62 bits per heavy atom. The van der Waals surface area contributed by atoms with Gasteiger partial charge >= 0.3 is 0 Å². The van der Waals surface area contributed by atoms with Crippen molar-refractivity contribution in [3.8, 4) is 0 Å². The fourth-order valence-corrected chi connectivity index (χ4v) is 4.41. The molecule has 2 fully saturated rings. The van der Waals surface area contributed by atoms with Crippen molar-refractivity contribution < 1.29 is 0 Å². The molecule has 1 aromatic carbocycles. The number of rotatable bonds is 5. The van der Waals surface area contributed by atoms with E-state index in [1.807, 2.05) is 6.07 Å². The number of halogens is 1. The summed E-state index contributed by atoms with van der Waals surface area (Å²) in [6.45, 7) is 2.35. The second-order valence-corrected chi connectivity index (χ2v) is 7.44. The number of nitrogens with one attached hydrogen (secondary N) is 1. The highest BCUT2D eigenvalue weighted by Crippen LogP contribution is 2.39. The molecule has 0 aliphatic heterocycles. The van der Waals surface area contributed by atoms with Gasteiger partial charge in [-0.25, -0.2) is 0 Å². The summed E-state index contributed by atoms with van der Waals surface area (Å²) in [4.78, 5) is 0. The predicted octanol–water partition coefficient (Wildman–Crippen LogP) is 5.53. The minimum absolute atomic E-state index is 0.713. The third-order valence-electron chi connectivity index (χ3n) is 5.57. The predicted molar refractivity (Wildman–Crippen MR) is 91.0 cm³/mol. The Bertz CT molecular complexity index is 447. The maximum Gasteiger partial charge on any atom is 0.0408 e. The van der Waals surface area contributed by atoms with Crippen molar-refractivity contribution in [2.75, 3.05) is 0 Å². The summed E-state index contributed by atoms with van der Waals surface area (Å²) in [5, 5.41) is 4.83. The van der Waals surface area contributed by atoms with Gasteiger partial charge in [-0.2, -0.15) is 0 Å². The van der Waals surface area contributed by atoms with Gasteiger partial charge in [0, 0.05) is 17.1 Å². The SMILES string of the molecule is CCC(NC1CC(c2cccc(Cl)c2)C1)C1CCCCC1. The smallest absolute Gasteiger partial charge is 0.0408 e. The zero-order chi connectivity index (χ0) is 14.7. The second-order valence-electron chi connectivity index (χ2n) is 7.00. The molecule has 0 aromatic heterocycles. The molecule has 3 rings (SSSR count). The molecule has 0 amide bonds. The van der Waals surface area contributed by atoms with Gasteiger partial charge in [0.1, 0.15) is 0 Å². The van der Waals surface area contributed by atoms with Crippen LogP contribution in [0.2, 0.25) is 5.02 Å². The molecule has 0 heterocycles. The van der Waals surface area contributed by atoms with Gasteiger partial charge < -0.3 is 5.32 Å². The summed E-state index contributed by atoms with van der Waals surface area (Å²) < 4.78 is 0. The highest BCUT2D eigenvalue weighted by molar-refractivity contribution is 6.30. The molecule has 2 aliphatic carbocycles. The number of hydrogen-bond donors (Lipinski definition) is 1. The molecule has 116 valence electrons. The van der Waals surface area contributed by atoms with E-state index in [4.69, 9.17) is 11.6 Å². The van der Waals surface area contributed by atoms with Gasteiger partial charge in [0.15, 0.2) is 0 Å². The van der Waals surface area contributed by atoms with Crippen LogP contribution in [0.5, 0.6) is 0 Å². The fourth-order valence-electron chi connectivity index (χ4n) is 4.21. The lowest BCUT2D eigenvalue weighted by Gasteiger charge is -2.41. The summed E-state index contributed by atoms with van der Waals surface area (Å²) >= 11 is 6.10. The van der Waals surface area contributed by atoms with Crippen molar-refractivity contribution in [2.24, 2.45) is 5.92 Å². The largest absolute Gasteiger partial charge is 0.311 e. The van der Waals surface area contributed by atoms with E-state index in [2.05, 4.69) is 30.4 Å². The monoisotopic (exact) mass is 305 g/mol. The number of benzene rings is 1. The van der Waals surface area contributed by atoms with E-state index in [-0.39, 0.29) is 0 Å². The Morgan fingerprint density at radius 1 is 1.19 bits per heavy atom. The Morgan fingerprint density at radius 2 is 1.95 bits per heavy atom. The number of hydrogen-bond acceptors (Lipinski definition) is 1. The third-order valence-corrected chi connectivity index (χ3v) is 5.80. The quantitative estimate of drug-likeness (QED) is 0.753. The normalized spacial score (nSPS) is 28.1. The average molecular weight is 306 g/mol. The molecule has 0 saturated heterocycles. The lowest BCUT2D eigenvalue weighted by Crippen LogP contribution is -2.48. The highest BCUT2D eigenvalue weighted by Gasteiger charge is 2.33. The first kappa shape index (κ1) is 15.4. The van der Waals surface area contributed by atoms with Crippen LogP contribution in [-0.2, 0) is 0 Å². The molecule has 2 heteroatoms. The van der Waals surface area contributed by atoms with Crippen LogP contribution in [0.1, 0.15) is 69.8 Å². The minimum atomic E-state index is 0.713. The van der Waals surface area contributed by atoms with E-state index < -0.39 is 0 Å². The van der Waals surface area contributed by atoms with Crippen LogP contribution < -0.4 is 5.32 Å². The van der Waals surface area contributed by atoms with Gasteiger partial charge in [0.2, 0.25) is 0 Å². The van der Waals surface area contributed by atoms with Crippen LogP contribution in [0.3, 0.4) is 0 Å². The van der Waals surface area contributed by atoms with Crippen LogP contribution in [0.25, 0.3) is 0 Å². The zero-order valence-corrected chi connectivity index (χ0v) is 13.9. The van der Waals surface area contributed by atoms with E-state index in [0.717, 1.165) is 23.0 Å². The van der Waals surface area contributed by atoms with E-state index in [1.165, 1.54) is 56.9 Å². The Balaban J connectivity index is 1.49. The molecule has 1 nitrogen and oxygen atoms in total. The molecule has 0 spiro atoms. The summed E-state index contributed by atoms with van der Waals surface area (Å²) in [7, 11) is 0. The first-order valence-corrected chi connectivity index (χ1v) is 9.15.